The first-order valence-corrected chi connectivity index (χ1v) is 8.56. The Bertz CT molecular complexity index is 283. The predicted octanol–water partition coefficient (Wildman–Crippen LogP) is 1.47. The fraction of sp³-hybridized carbons (Fsp3) is 0.923. The summed E-state index contributed by atoms with van der Waals surface area (Å²) < 4.78 is 16.0. The summed E-state index contributed by atoms with van der Waals surface area (Å²) in [4.78, 5) is 11.7. The summed E-state index contributed by atoms with van der Waals surface area (Å²) in [6.45, 7) is 3.21. The average molecular weight is 275 g/mol. The van der Waals surface area contributed by atoms with Gasteiger partial charge in [-0.25, -0.2) is 0 Å². The molecule has 0 aromatic rings. The Morgan fingerprint density at radius 2 is 2.22 bits per heavy atom. The van der Waals surface area contributed by atoms with Crippen molar-refractivity contribution in [1.29, 1.82) is 0 Å². The molecule has 18 heavy (non-hydrogen) atoms. The fourth-order valence-corrected chi connectivity index (χ4v) is 2.98. The molecule has 3 atom stereocenters. The van der Waals surface area contributed by atoms with Crippen LogP contribution in [0.1, 0.15) is 39.0 Å². The molecule has 1 fully saturated rings. The van der Waals surface area contributed by atoms with Crippen LogP contribution in [-0.4, -0.2) is 41.4 Å². The Morgan fingerprint density at radius 1 is 1.44 bits per heavy atom. The maximum atomic E-state index is 11.7. The van der Waals surface area contributed by atoms with E-state index in [0.717, 1.165) is 44.4 Å². The minimum atomic E-state index is -0.703. The molecule has 0 spiro atoms. The first kappa shape index (κ1) is 15.6. The molecule has 0 aliphatic heterocycles. The lowest BCUT2D eigenvalue weighted by molar-refractivity contribution is -0.149. The number of rotatable bonds is 7. The van der Waals surface area contributed by atoms with Crippen LogP contribution in [0.5, 0.6) is 0 Å². The van der Waals surface area contributed by atoms with Gasteiger partial charge in [0.15, 0.2) is 0 Å². The summed E-state index contributed by atoms with van der Waals surface area (Å²) in [6, 6.07) is 0.415. The molecule has 0 radical (unpaired) electrons. The van der Waals surface area contributed by atoms with Crippen molar-refractivity contribution in [3.63, 3.8) is 0 Å². The number of hydrogen-bond donors (Lipinski definition) is 1. The summed E-state index contributed by atoms with van der Waals surface area (Å²) in [5.41, 5.74) is 0. The molecule has 3 unspecified atom stereocenters. The molecule has 0 saturated heterocycles. The number of esters is 1. The Hall–Kier alpha value is -0.420. The maximum Gasteiger partial charge on any atom is 0.308 e. The second-order valence-electron chi connectivity index (χ2n) is 4.90. The molecule has 0 heterocycles. The van der Waals surface area contributed by atoms with Gasteiger partial charge in [-0.1, -0.05) is 6.42 Å². The third-order valence-electron chi connectivity index (χ3n) is 3.34. The molecule has 0 bridgehead atoms. The third kappa shape index (κ3) is 5.96. The van der Waals surface area contributed by atoms with Crippen molar-refractivity contribution in [2.45, 2.75) is 45.1 Å². The second-order valence-corrected chi connectivity index (χ2v) is 6.45. The molecule has 5 heteroatoms. The normalized spacial score (nSPS) is 25.7. The summed E-state index contributed by atoms with van der Waals surface area (Å²) in [6.07, 6.45) is 6.72. The number of hydrogen-bond acceptors (Lipinski definition) is 4. The minimum Gasteiger partial charge on any atom is -0.466 e. The van der Waals surface area contributed by atoms with E-state index < -0.39 is 10.8 Å². The van der Waals surface area contributed by atoms with Crippen LogP contribution >= 0.6 is 0 Å². The van der Waals surface area contributed by atoms with Crippen molar-refractivity contribution in [2.24, 2.45) is 5.92 Å². The Labute approximate surface area is 112 Å². The standard InChI is InChI=1S/C13H25NO3S/c1-3-17-13(15)11-6-4-7-12(10-11)14-8-5-9-18(2)16/h11-12,14H,3-10H2,1-2H3. The lowest BCUT2D eigenvalue weighted by Gasteiger charge is -2.28. The Kier molecular flexibility index (Phi) is 7.51. The first-order valence-electron chi connectivity index (χ1n) is 6.83. The molecule has 1 aliphatic rings. The summed E-state index contributed by atoms with van der Waals surface area (Å²) in [5, 5.41) is 3.46. The van der Waals surface area contributed by atoms with Crippen LogP contribution in [0.4, 0.5) is 0 Å². The van der Waals surface area contributed by atoms with E-state index in [-0.39, 0.29) is 11.9 Å². The highest BCUT2D eigenvalue weighted by molar-refractivity contribution is 7.84. The van der Waals surface area contributed by atoms with E-state index >= 15 is 0 Å². The van der Waals surface area contributed by atoms with Crippen molar-refractivity contribution in [3.8, 4) is 0 Å². The molecule has 1 N–H and O–H groups in total. The number of carbonyl (C=O) groups excluding carboxylic acids is 1. The molecule has 0 amide bonds. The van der Waals surface area contributed by atoms with E-state index in [2.05, 4.69) is 5.32 Å². The summed E-state index contributed by atoms with van der Waals surface area (Å²) in [7, 11) is -0.703. The molecular formula is C13H25NO3S. The lowest BCUT2D eigenvalue weighted by atomic mass is 9.85. The lowest BCUT2D eigenvalue weighted by Crippen LogP contribution is -2.37. The van der Waals surface area contributed by atoms with E-state index in [4.69, 9.17) is 4.74 Å². The highest BCUT2D eigenvalue weighted by Crippen LogP contribution is 2.25. The quantitative estimate of drug-likeness (QED) is 0.564. The molecule has 1 saturated carbocycles. The summed E-state index contributed by atoms with van der Waals surface area (Å²) in [5.74, 6) is 0.774. The zero-order valence-corrected chi connectivity index (χ0v) is 12.3. The minimum absolute atomic E-state index is 0.0429. The zero-order valence-electron chi connectivity index (χ0n) is 11.4. The van der Waals surface area contributed by atoms with Crippen LogP contribution in [0.25, 0.3) is 0 Å². The number of nitrogens with one attached hydrogen (secondary N) is 1. The van der Waals surface area contributed by atoms with Gasteiger partial charge in [-0.3, -0.25) is 9.00 Å². The van der Waals surface area contributed by atoms with Gasteiger partial charge in [-0.2, -0.15) is 0 Å². The molecule has 1 aliphatic carbocycles. The van der Waals surface area contributed by atoms with Gasteiger partial charge in [0.1, 0.15) is 0 Å². The molecule has 106 valence electrons. The van der Waals surface area contributed by atoms with E-state index in [9.17, 15) is 9.00 Å². The van der Waals surface area contributed by atoms with Crippen molar-refractivity contribution in [1.82, 2.24) is 5.32 Å². The molecule has 1 rings (SSSR count). The average Bonchev–Trinajstić information content (AvgIpc) is 2.35. The van der Waals surface area contributed by atoms with Crippen LogP contribution < -0.4 is 5.32 Å². The Balaban J connectivity index is 2.22. The van der Waals surface area contributed by atoms with Crippen LogP contribution in [-0.2, 0) is 20.3 Å². The van der Waals surface area contributed by atoms with Gasteiger partial charge in [0.05, 0.1) is 12.5 Å². The number of ether oxygens (including phenoxy) is 1. The zero-order chi connectivity index (χ0) is 13.4. The van der Waals surface area contributed by atoms with Crippen molar-refractivity contribution < 1.29 is 13.7 Å². The summed E-state index contributed by atoms with van der Waals surface area (Å²) >= 11 is 0. The van der Waals surface area contributed by atoms with Gasteiger partial charge in [-0.15, -0.1) is 0 Å². The van der Waals surface area contributed by atoms with Crippen molar-refractivity contribution in [3.05, 3.63) is 0 Å². The number of carbonyl (C=O) groups is 1. The van der Waals surface area contributed by atoms with Crippen LogP contribution in [0.2, 0.25) is 0 Å². The third-order valence-corrected chi connectivity index (χ3v) is 4.20. The molecule has 0 aromatic carbocycles. The van der Waals surface area contributed by atoms with Gasteiger partial charge in [0.25, 0.3) is 0 Å². The monoisotopic (exact) mass is 275 g/mol. The van der Waals surface area contributed by atoms with Gasteiger partial charge >= 0.3 is 5.97 Å². The van der Waals surface area contributed by atoms with Gasteiger partial charge in [0.2, 0.25) is 0 Å². The van der Waals surface area contributed by atoms with Gasteiger partial charge in [-0.05, 0) is 39.2 Å². The van der Waals surface area contributed by atoms with Crippen molar-refractivity contribution >= 4 is 16.8 Å². The topological polar surface area (TPSA) is 55.4 Å². The Morgan fingerprint density at radius 3 is 2.89 bits per heavy atom. The highest BCUT2D eigenvalue weighted by atomic mass is 32.2. The maximum absolute atomic E-state index is 11.7. The van der Waals surface area contributed by atoms with Crippen molar-refractivity contribution in [2.75, 3.05) is 25.2 Å². The molecular weight excluding hydrogens is 250 g/mol. The van der Waals surface area contributed by atoms with E-state index in [1.54, 1.807) is 6.26 Å². The molecule has 0 aromatic heterocycles. The van der Waals surface area contributed by atoms with Crippen LogP contribution in [0, 0.1) is 5.92 Å². The largest absolute Gasteiger partial charge is 0.466 e. The van der Waals surface area contributed by atoms with E-state index in [1.165, 1.54) is 0 Å². The van der Waals surface area contributed by atoms with Gasteiger partial charge < -0.3 is 10.1 Å². The predicted molar refractivity (Wildman–Crippen MR) is 73.9 cm³/mol. The molecule has 4 nitrogen and oxygen atoms in total. The van der Waals surface area contributed by atoms with Crippen LogP contribution in [0.3, 0.4) is 0 Å². The fourth-order valence-electron chi connectivity index (χ4n) is 2.43. The van der Waals surface area contributed by atoms with Crippen LogP contribution in [0.15, 0.2) is 0 Å². The smallest absolute Gasteiger partial charge is 0.308 e. The van der Waals surface area contributed by atoms with E-state index in [1.807, 2.05) is 6.92 Å². The van der Waals surface area contributed by atoms with Gasteiger partial charge in [0, 0.05) is 28.9 Å². The van der Waals surface area contributed by atoms with E-state index in [0.29, 0.717) is 12.6 Å². The second kappa shape index (κ2) is 8.64. The SMILES string of the molecule is CCOC(=O)C1CCCC(NCCCS(C)=O)C1. The first-order chi connectivity index (χ1) is 8.63. The highest BCUT2D eigenvalue weighted by Gasteiger charge is 2.27.